The number of methoxy groups -OCH3 is 1. The van der Waals surface area contributed by atoms with E-state index >= 15 is 0 Å². The molecular formula is C20H25N5O4. The average Bonchev–Trinajstić information content (AvgIpc) is 2.73. The van der Waals surface area contributed by atoms with Crippen molar-refractivity contribution in [1.29, 1.82) is 0 Å². The molecule has 0 saturated carbocycles. The summed E-state index contributed by atoms with van der Waals surface area (Å²) < 4.78 is 10.4. The molecular weight excluding hydrogens is 374 g/mol. The second-order valence-electron chi connectivity index (χ2n) is 7.27. The number of aliphatic hydroxyl groups is 1. The number of fused-ring (bicyclic) bond motifs is 1. The summed E-state index contributed by atoms with van der Waals surface area (Å²) in [5.41, 5.74) is 2.59. The highest BCUT2D eigenvalue weighted by atomic mass is 16.5. The lowest BCUT2D eigenvalue weighted by Gasteiger charge is -2.30. The molecule has 9 nitrogen and oxygen atoms in total. The van der Waals surface area contributed by atoms with Crippen molar-refractivity contribution in [3.63, 3.8) is 0 Å². The lowest BCUT2D eigenvalue weighted by atomic mass is 9.92. The maximum absolute atomic E-state index is 12.4. The van der Waals surface area contributed by atoms with E-state index in [-0.39, 0.29) is 30.2 Å². The maximum Gasteiger partial charge on any atom is 0.270 e. The minimum Gasteiger partial charge on any atom is -0.497 e. The Labute approximate surface area is 168 Å². The van der Waals surface area contributed by atoms with Crippen LogP contribution in [0.2, 0.25) is 0 Å². The average molecular weight is 399 g/mol. The third-order valence-electron chi connectivity index (χ3n) is 5.23. The molecule has 2 unspecified atom stereocenters. The van der Waals surface area contributed by atoms with Crippen LogP contribution >= 0.6 is 0 Å². The van der Waals surface area contributed by atoms with Gasteiger partial charge in [0.15, 0.2) is 0 Å². The predicted octanol–water partition coefficient (Wildman–Crippen LogP) is 0.101. The molecule has 4 N–H and O–H groups in total. The lowest BCUT2D eigenvalue weighted by molar-refractivity contribution is 0.0209. The summed E-state index contributed by atoms with van der Waals surface area (Å²) in [7, 11) is 1.64. The van der Waals surface area contributed by atoms with Gasteiger partial charge in [-0.15, -0.1) is 0 Å². The molecule has 9 heteroatoms. The molecule has 0 spiro atoms. The molecule has 1 aromatic heterocycles. The van der Waals surface area contributed by atoms with Crippen LogP contribution in [0.3, 0.4) is 0 Å². The summed E-state index contributed by atoms with van der Waals surface area (Å²) in [5.74, 6) is 1.06. The standard InChI is InChI=1S/C20H25N5O4/c1-28-15-3-2-12-5-16(21-7-13(12)4-15)18(26)8-22-20(27)17-6-19(24-11-23-17)25-14-9-29-10-14/h2-4,6,11,14,16,18,21,26H,5,7-10H2,1H3,(H,22,27)(H,23,24,25). The number of carbonyl (C=O) groups excluding carboxylic acids is 1. The highest BCUT2D eigenvalue weighted by molar-refractivity contribution is 5.92. The summed E-state index contributed by atoms with van der Waals surface area (Å²) >= 11 is 0. The van der Waals surface area contributed by atoms with Gasteiger partial charge in [0.1, 0.15) is 23.6 Å². The topological polar surface area (TPSA) is 118 Å². The van der Waals surface area contributed by atoms with Crippen molar-refractivity contribution < 1.29 is 19.4 Å². The van der Waals surface area contributed by atoms with Crippen LogP contribution in [-0.4, -0.2) is 66.0 Å². The molecule has 2 aliphatic rings. The van der Waals surface area contributed by atoms with Crippen LogP contribution in [0.4, 0.5) is 5.82 Å². The number of benzene rings is 1. The molecule has 1 amide bonds. The molecule has 0 radical (unpaired) electrons. The van der Waals surface area contributed by atoms with Gasteiger partial charge in [0.2, 0.25) is 0 Å². The molecule has 3 heterocycles. The number of hydrogen-bond donors (Lipinski definition) is 4. The maximum atomic E-state index is 12.4. The molecule has 2 aliphatic heterocycles. The summed E-state index contributed by atoms with van der Waals surface area (Å²) in [6.45, 7) is 2.03. The van der Waals surface area contributed by atoms with Gasteiger partial charge < -0.3 is 30.5 Å². The number of aliphatic hydroxyl groups excluding tert-OH is 1. The molecule has 1 fully saturated rings. The smallest absolute Gasteiger partial charge is 0.270 e. The molecule has 1 saturated heterocycles. The van der Waals surface area contributed by atoms with Gasteiger partial charge in [-0.25, -0.2) is 9.97 Å². The van der Waals surface area contributed by atoms with E-state index in [1.54, 1.807) is 13.2 Å². The number of rotatable bonds is 7. The van der Waals surface area contributed by atoms with Gasteiger partial charge in [-0.05, 0) is 29.7 Å². The third kappa shape index (κ3) is 4.64. The van der Waals surface area contributed by atoms with Crippen LogP contribution < -0.4 is 20.7 Å². The molecule has 29 heavy (non-hydrogen) atoms. The van der Waals surface area contributed by atoms with E-state index in [2.05, 4.69) is 25.9 Å². The SMILES string of the molecule is COc1ccc2c(c1)CNC(C(O)CNC(=O)c1cc(NC3COC3)ncn1)C2. The summed E-state index contributed by atoms with van der Waals surface area (Å²) in [6.07, 6.45) is 1.31. The zero-order valence-corrected chi connectivity index (χ0v) is 16.2. The Morgan fingerprint density at radius 3 is 2.97 bits per heavy atom. The van der Waals surface area contributed by atoms with E-state index in [4.69, 9.17) is 9.47 Å². The molecule has 154 valence electrons. The fourth-order valence-electron chi connectivity index (χ4n) is 3.43. The number of nitrogens with one attached hydrogen (secondary N) is 3. The van der Waals surface area contributed by atoms with E-state index < -0.39 is 6.10 Å². The van der Waals surface area contributed by atoms with Crippen LogP contribution in [0, 0.1) is 0 Å². The lowest BCUT2D eigenvalue weighted by Crippen LogP contribution is -2.49. The van der Waals surface area contributed by atoms with Crippen LogP contribution in [0.1, 0.15) is 21.6 Å². The quantitative estimate of drug-likeness (QED) is 0.518. The van der Waals surface area contributed by atoms with Gasteiger partial charge in [-0.1, -0.05) is 6.07 Å². The number of hydrogen-bond acceptors (Lipinski definition) is 8. The van der Waals surface area contributed by atoms with Crippen molar-refractivity contribution in [1.82, 2.24) is 20.6 Å². The van der Waals surface area contributed by atoms with Crippen molar-refractivity contribution in [2.24, 2.45) is 0 Å². The highest BCUT2D eigenvalue weighted by Gasteiger charge is 2.25. The first-order valence-corrected chi connectivity index (χ1v) is 9.64. The minimum atomic E-state index is -0.722. The van der Waals surface area contributed by atoms with Crippen molar-refractivity contribution >= 4 is 11.7 Å². The number of carbonyl (C=O) groups is 1. The second kappa shape index (κ2) is 8.73. The van der Waals surface area contributed by atoms with Gasteiger partial charge in [0, 0.05) is 25.2 Å². The van der Waals surface area contributed by atoms with Crippen molar-refractivity contribution in [3.05, 3.63) is 47.4 Å². The minimum absolute atomic E-state index is 0.130. The Morgan fingerprint density at radius 2 is 2.21 bits per heavy atom. The Balaban J connectivity index is 1.30. The summed E-state index contributed by atoms with van der Waals surface area (Å²) in [5, 5.41) is 19.8. The number of aromatic nitrogens is 2. The normalized spacial score (nSPS) is 19.6. The van der Waals surface area contributed by atoms with Crippen molar-refractivity contribution in [2.45, 2.75) is 31.2 Å². The van der Waals surface area contributed by atoms with E-state index in [0.717, 1.165) is 11.3 Å². The zero-order chi connectivity index (χ0) is 20.2. The molecule has 0 aliphatic carbocycles. The van der Waals surface area contributed by atoms with E-state index in [1.165, 1.54) is 11.9 Å². The van der Waals surface area contributed by atoms with Gasteiger partial charge in [-0.3, -0.25) is 4.79 Å². The molecule has 2 atom stereocenters. The molecule has 0 bridgehead atoms. The first-order chi connectivity index (χ1) is 14.1. The Bertz CT molecular complexity index is 874. The fraction of sp³-hybridized carbons (Fsp3) is 0.450. The van der Waals surface area contributed by atoms with Crippen molar-refractivity contribution in [3.8, 4) is 5.75 Å². The first-order valence-electron chi connectivity index (χ1n) is 9.64. The number of nitrogens with zero attached hydrogens (tertiary/aromatic N) is 2. The third-order valence-corrected chi connectivity index (χ3v) is 5.23. The van der Waals surface area contributed by atoms with Gasteiger partial charge in [0.25, 0.3) is 5.91 Å². The van der Waals surface area contributed by atoms with Gasteiger partial charge >= 0.3 is 0 Å². The predicted molar refractivity (Wildman–Crippen MR) is 106 cm³/mol. The van der Waals surface area contributed by atoms with Crippen LogP contribution in [0.5, 0.6) is 5.75 Å². The summed E-state index contributed by atoms with van der Waals surface area (Å²) in [4.78, 5) is 20.6. The highest BCUT2D eigenvalue weighted by Crippen LogP contribution is 2.23. The van der Waals surface area contributed by atoms with Crippen molar-refractivity contribution in [2.75, 3.05) is 32.2 Å². The number of ether oxygens (including phenoxy) is 2. The molecule has 4 rings (SSSR count). The Morgan fingerprint density at radius 1 is 1.34 bits per heavy atom. The molecule has 1 aromatic carbocycles. The number of amides is 1. The van der Waals surface area contributed by atoms with Gasteiger partial charge in [-0.2, -0.15) is 0 Å². The largest absolute Gasteiger partial charge is 0.497 e. The van der Waals surface area contributed by atoms with Crippen LogP contribution in [0.25, 0.3) is 0 Å². The summed E-state index contributed by atoms with van der Waals surface area (Å²) in [6, 6.07) is 7.62. The Kier molecular flexibility index (Phi) is 5.89. The Hall–Kier alpha value is -2.75. The van der Waals surface area contributed by atoms with E-state index in [1.807, 2.05) is 18.2 Å². The first kappa shape index (κ1) is 19.6. The second-order valence-corrected chi connectivity index (χ2v) is 7.27. The molecule has 2 aromatic rings. The monoisotopic (exact) mass is 399 g/mol. The zero-order valence-electron chi connectivity index (χ0n) is 16.2. The van der Waals surface area contributed by atoms with E-state index in [0.29, 0.717) is 32.0 Å². The van der Waals surface area contributed by atoms with Crippen LogP contribution in [0.15, 0.2) is 30.6 Å². The number of anilines is 1. The fourth-order valence-corrected chi connectivity index (χ4v) is 3.43. The van der Waals surface area contributed by atoms with E-state index in [9.17, 15) is 9.90 Å². The van der Waals surface area contributed by atoms with Gasteiger partial charge in [0.05, 0.1) is 32.5 Å². The van der Waals surface area contributed by atoms with Crippen LogP contribution in [-0.2, 0) is 17.7 Å².